The molecule has 1 aromatic carbocycles. The lowest BCUT2D eigenvalue weighted by Gasteiger charge is -2.22. The Balaban J connectivity index is 1.93. The minimum atomic E-state index is -1.20. The van der Waals surface area contributed by atoms with Crippen LogP contribution in [0.4, 0.5) is 10.5 Å². The Morgan fingerprint density at radius 1 is 1.50 bits per heavy atom. The van der Waals surface area contributed by atoms with E-state index in [-0.39, 0.29) is 6.54 Å². The lowest BCUT2D eigenvalue weighted by Crippen LogP contribution is -2.40. The van der Waals surface area contributed by atoms with E-state index in [1.165, 1.54) is 0 Å². The highest BCUT2D eigenvalue weighted by Crippen LogP contribution is 2.20. The van der Waals surface area contributed by atoms with Gasteiger partial charge in [-0.05, 0) is 31.5 Å². The highest BCUT2D eigenvalue weighted by molar-refractivity contribution is 6.31. The van der Waals surface area contributed by atoms with Gasteiger partial charge >= 0.3 is 6.03 Å². The lowest BCUT2D eigenvalue weighted by atomic mass is 10.00. The largest absolute Gasteiger partial charge is 0.383 e. The summed E-state index contributed by atoms with van der Waals surface area (Å²) >= 11 is 6.01. The maximum Gasteiger partial charge on any atom is 0.319 e. The molecule has 1 unspecified atom stereocenters. The van der Waals surface area contributed by atoms with Gasteiger partial charge in [-0.1, -0.05) is 17.7 Å². The van der Waals surface area contributed by atoms with Gasteiger partial charge in [-0.15, -0.1) is 0 Å². The number of aliphatic hydroxyl groups is 1. The lowest BCUT2D eigenvalue weighted by molar-refractivity contribution is 0.0599. The molecule has 0 fully saturated rings. The van der Waals surface area contributed by atoms with Gasteiger partial charge in [-0.2, -0.15) is 5.10 Å². The number of aryl methyl sites for hydroxylation is 2. The van der Waals surface area contributed by atoms with E-state index in [9.17, 15) is 9.90 Å². The summed E-state index contributed by atoms with van der Waals surface area (Å²) in [6, 6.07) is 4.85. The van der Waals surface area contributed by atoms with Gasteiger partial charge in [0.1, 0.15) is 5.60 Å². The maximum atomic E-state index is 11.9. The first kappa shape index (κ1) is 16.3. The van der Waals surface area contributed by atoms with Crippen molar-refractivity contribution in [1.29, 1.82) is 0 Å². The number of hydrogen-bond donors (Lipinski definition) is 3. The summed E-state index contributed by atoms with van der Waals surface area (Å²) in [5.41, 5.74) is 0.964. The summed E-state index contributed by atoms with van der Waals surface area (Å²) in [6.45, 7) is 3.56. The predicted molar refractivity (Wildman–Crippen MR) is 86.0 cm³/mol. The third-order valence-electron chi connectivity index (χ3n) is 3.35. The molecule has 0 saturated carbocycles. The average Bonchev–Trinajstić information content (AvgIpc) is 2.88. The van der Waals surface area contributed by atoms with Gasteiger partial charge in [0, 0.05) is 29.5 Å². The fourth-order valence-corrected chi connectivity index (χ4v) is 2.08. The number of halogens is 1. The fourth-order valence-electron chi connectivity index (χ4n) is 1.90. The van der Waals surface area contributed by atoms with E-state index < -0.39 is 11.6 Å². The molecule has 2 rings (SSSR count). The molecule has 0 saturated heterocycles. The van der Waals surface area contributed by atoms with E-state index in [0.717, 1.165) is 5.56 Å². The van der Waals surface area contributed by atoms with Gasteiger partial charge < -0.3 is 15.7 Å². The van der Waals surface area contributed by atoms with Gasteiger partial charge in [0.05, 0.1) is 12.7 Å². The van der Waals surface area contributed by atoms with Crippen molar-refractivity contribution >= 4 is 23.3 Å². The van der Waals surface area contributed by atoms with Crippen molar-refractivity contribution in [1.82, 2.24) is 15.1 Å². The Labute approximate surface area is 134 Å². The molecule has 2 aromatic rings. The first-order valence-corrected chi connectivity index (χ1v) is 7.18. The minimum absolute atomic E-state index is 0.0596. The standard InChI is InChI=1S/C15H19ClN4O2/c1-10-4-5-12(6-13(10)16)19-14(21)17-9-15(2,22)11-7-18-20(3)8-11/h4-8,22H,9H2,1-3H3,(H2,17,19,21). The van der Waals surface area contributed by atoms with Crippen LogP contribution in [0.15, 0.2) is 30.6 Å². The molecular weight excluding hydrogens is 304 g/mol. The van der Waals surface area contributed by atoms with Crippen LogP contribution in [0.2, 0.25) is 5.02 Å². The van der Waals surface area contributed by atoms with Crippen molar-refractivity contribution in [3.63, 3.8) is 0 Å². The van der Waals surface area contributed by atoms with Crippen molar-refractivity contribution < 1.29 is 9.90 Å². The van der Waals surface area contributed by atoms with Gasteiger partial charge in [0.25, 0.3) is 0 Å². The van der Waals surface area contributed by atoms with E-state index in [0.29, 0.717) is 16.3 Å². The molecule has 0 radical (unpaired) electrons. The Morgan fingerprint density at radius 2 is 2.23 bits per heavy atom. The number of carbonyl (C=O) groups is 1. The number of urea groups is 1. The van der Waals surface area contributed by atoms with Crippen LogP contribution in [0.3, 0.4) is 0 Å². The third kappa shape index (κ3) is 3.99. The zero-order valence-electron chi connectivity index (χ0n) is 12.7. The van der Waals surface area contributed by atoms with Gasteiger partial charge in [0.2, 0.25) is 0 Å². The second kappa shape index (κ2) is 6.37. The predicted octanol–water partition coefficient (Wildman–Crippen LogP) is 2.41. The van der Waals surface area contributed by atoms with E-state index in [2.05, 4.69) is 15.7 Å². The van der Waals surface area contributed by atoms with Crippen LogP contribution in [-0.4, -0.2) is 27.5 Å². The molecule has 7 heteroatoms. The summed E-state index contributed by atoms with van der Waals surface area (Å²) < 4.78 is 1.60. The number of nitrogens with zero attached hydrogens (tertiary/aromatic N) is 2. The summed E-state index contributed by atoms with van der Waals surface area (Å²) in [6.07, 6.45) is 3.28. The van der Waals surface area contributed by atoms with Crippen LogP contribution in [0, 0.1) is 6.92 Å². The second-order valence-corrected chi connectivity index (χ2v) is 5.86. The molecule has 0 aliphatic carbocycles. The van der Waals surface area contributed by atoms with Crippen LogP contribution in [0.1, 0.15) is 18.1 Å². The first-order chi connectivity index (χ1) is 10.3. The number of nitrogens with one attached hydrogen (secondary N) is 2. The summed E-state index contributed by atoms with van der Waals surface area (Å²) in [7, 11) is 1.76. The molecule has 118 valence electrons. The molecule has 22 heavy (non-hydrogen) atoms. The van der Waals surface area contributed by atoms with E-state index in [1.54, 1.807) is 43.2 Å². The first-order valence-electron chi connectivity index (χ1n) is 6.80. The van der Waals surface area contributed by atoms with Gasteiger partial charge in [-0.25, -0.2) is 4.79 Å². The van der Waals surface area contributed by atoms with Crippen molar-refractivity contribution in [3.8, 4) is 0 Å². The number of rotatable bonds is 4. The molecular formula is C15H19ClN4O2. The van der Waals surface area contributed by atoms with Crippen LogP contribution < -0.4 is 10.6 Å². The van der Waals surface area contributed by atoms with Gasteiger partial charge in [0.15, 0.2) is 0 Å². The normalized spacial score (nSPS) is 13.5. The second-order valence-electron chi connectivity index (χ2n) is 5.45. The van der Waals surface area contributed by atoms with E-state index in [1.807, 2.05) is 13.0 Å². The minimum Gasteiger partial charge on any atom is -0.383 e. The monoisotopic (exact) mass is 322 g/mol. The molecule has 3 N–H and O–H groups in total. The zero-order chi connectivity index (χ0) is 16.3. The van der Waals surface area contributed by atoms with Crippen molar-refractivity contribution in [3.05, 3.63) is 46.7 Å². The molecule has 1 aromatic heterocycles. The Morgan fingerprint density at radius 3 is 2.82 bits per heavy atom. The SMILES string of the molecule is Cc1ccc(NC(=O)NCC(C)(O)c2cnn(C)c2)cc1Cl. The summed E-state index contributed by atoms with van der Waals surface area (Å²) in [5, 5.41) is 20.3. The van der Waals surface area contributed by atoms with Crippen molar-refractivity contribution in [2.45, 2.75) is 19.4 Å². The smallest absolute Gasteiger partial charge is 0.319 e. The van der Waals surface area contributed by atoms with Crippen LogP contribution in [-0.2, 0) is 12.6 Å². The number of carbonyl (C=O) groups excluding carboxylic acids is 1. The maximum absolute atomic E-state index is 11.9. The molecule has 0 spiro atoms. The fraction of sp³-hybridized carbons (Fsp3) is 0.333. The van der Waals surface area contributed by atoms with E-state index >= 15 is 0 Å². The molecule has 1 atom stereocenters. The molecule has 0 aliphatic rings. The number of hydrogen-bond acceptors (Lipinski definition) is 3. The van der Waals surface area contributed by atoms with Gasteiger partial charge in [-0.3, -0.25) is 4.68 Å². The highest BCUT2D eigenvalue weighted by Gasteiger charge is 2.25. The third-order valence-corrected chi connectivity index (χ3v) is 3.76. The summed E-state index contributed by atoms with van der Waals surface area (Å²) in [5.74, 6) is 0. The zero-order valence-corrected chi connectivity index (χ0v) is 13.5. The topological polar surface area (TPSA) is 79.2 Å². The molecule has 0 aliphatic heterocycles. The Kier molecular flexibility index (Phi) is 4.73. The molecule has 6 nitrogen and oxygen atoms in total. The molecule has 0 bridgehead atoms. The van der Waals surface area contributed by atoms with Crippen LogP contribution in [0.25, 0.3) is 0 Å². The molecule has 1 heterocycles. The van der Waals surface area contributed by atoms with Crippen LogP contribution in [0.5, 0.6) is 0 Å². The number of aromatic nitrogens is 2. The number of anilines is 1. The quantitative estimate of drug-likeness (QED) is 0.808. The summed E-state index contributed by atoms with van der Waals surface area (Å²) in [4.78, 5) is 11.9. The molecule has 2 amide bonds. The average molecular weight is 323 g/mol. The number of benzene rings is 1. The Hall–Kier alpha value is -2.05. The highest BCUT2D eigenvalue weighted by atomic mass is 35.5. The Bertz CT molecular complexity index is 682. The van der Waals surface area contributed by atoms with E-state index in [4.69, 9.17) is 11.6 Å². The van der Waals surface area contributed by atoms with Crippen molar-refractivity contribution in [2.75, 3.05) is 11.9 Å². The number of amides is 2. The van der Waals surface area contributed by atoms with Crippen molar-refractivity contribution in [2.24, 2.45) is 7.05 Å². The van der Waals surface area contributed by atoms with Crippen LogP contribution >= 0.6 is 11.6 Å².